The van der Waals surface area contributed by atoms with Gasteiger partial charge in [0.1, 0.15) is 6.54 Å². The van der Waals surface area contributed by atoms with Crippen molar-refractivity contribution in [3.63, 3.8) is 0 Å². The van der Waals surface area contributed by atoms with E-state index in [1.165, 1.54) is 10.3 Å². The van der Waals surface area contributed by atoms with Gasteiger partial charge < -0.3 is 14.6 Å². The maximum Gasteiger partial charge on any atom is 0.282 e. The predicted octanol–water partition coefficient (Wildman–Crippen LogP) is 3.52. The molecule has 29 heavy (non-hydrogen) atoms. The Bertz CT molecular complexity index is 1050. The Morgan fingerprint density at radius 1 is 1.14 bits per heavy atom. The van der Waals surface area contributed by atoms with Crippen molar-refractivity contribution in [2.24, 2.45) is 0 Å². The van der Waals surface area contributed by atoms with E-state index in [0.29, 0.717) is 6.54 Å². The molecule has 0 fully saturated rings. The number of aromatic nitrogens is 1. The van der Waals surface area contributed by atoms with Crippen molar-refractivity contribution in [2.75, 3.05) is 12.4 Å². The van der Waals surface area contributed by atoms with Crippen LogP contribution in [0.15, 0.2) is 71.3 Å². The molecule has 0 aliphatic carbocycles. The smallest absolute Gasteiger partial charge is 0.282 e. The van der Waals surface area contributed by atoms with E-state index in [1.54, 1.807) is 17.6 Å². The Kier molecular flexibility index (Phi) is 5.74. The van der Waals surface area contributed by atoms with Crippen LogP contribution in [0.1, 0.15) is 23.3 Å². The molecule has 1 amide bonds. The summed E-state index contributed by atoms with van der Waals surface area (Å²) in [4.78, 5) is 18.4. The number of hydrogen-bond donors (Lipinski definition) is 2. The number of carbonyl (C=O) groups is 1. The number of hydrogen-bond acceptors (Lipinski definition) is 4. The quantitative estimate of drug-likeness (QED) is 0.494. The minimum absolute atomic E-state index is 0.00650. The first-order chi connectivity index (χ1) is 14.1. The summed E-state index contributed by atoms with van der Waals surface area (Å²) >= 11 is 1.72. The van der Waals surface area contributed by atoms with Crippen molar-refractivity contribution in [1.82, 2.24) is 4.98 Å². The fourth-order valence-electron chi connectivity index (χ4n) is 3.19. The van der Waals surface area contributed by atoms with Gasteiger partial charge in [-0.05, 0) is 48.9 Å². The van der Waals surface area contributed by atoms with Gasteiger partial charge >= 0.3 is 0 Å². The molecule has 0 bridgehead atoms. The number of thiazole rings is 1. The summed E-state index contributed by atoms with van der Waals surface area (Å²) in [6.07, 6.45) is 2.45. The van der Waals surface area contributed by atoms with Gasteiger partial charge in [0.25, 0.3) is 5.91 Å². The SMILES string of the molecule is C[C@H](C(=O)Nc1ccc(Cc2nc3ccccc3s2)cc1)[NH+](C)Cc1ccco1. The van der Waals surface area contributed by atoms with Crippen LogP contribution in [0, 0.1) is 0 Å². The molecule has 4 aromatic rings. The topological polar surface area (TPSA) is 59.6 Å². The van der Waals surface area contributed by atoms with Crippen molar-refractivity contribution < 1.29 is 14.1 Å². The van der Waals surface area contributed by atoms with Crippen LogP contribution < -0.4 is 10.2 Å². The molecule has 6 heteroatoms. The van der Waals surface area contributed by atoms with Gasteiger partial charge in [-0.15, -0.1) is 11.3 Å². The first-order valence-electron chi connectivity index (χ1n) is 9.67. The third-order valence-electron chi connectivity index (χ3n) is 5.08. The number of nitrogens with one attached hydrogen (secondary N) is 2. The molecule has 0 saturated carbocycles. The van der Waals surface area contributed by atoms with E-state index >= 15 is 0 Å². The number of fused-ring (bicyclic) bond motifs is 1. The highest BCUT2D eigenvalue weighted by molar-refractivity contribution is 7.18. The van der Waals surface area contributed by atoms with Crippen molar-refractivity contribution >= 4 is 33.1 Å². The lowest BCUT2D eigenvalue weighted by atomic mass is 10.1. The van der Waals surface area contributed by atoms with Crippen LogP contribution in [-0.2, 0) is 17.8 Å². The van der Waals surface area contributed by atoms with Crippen LogP contribution in [0.2, 0.25) is 0 Å². The number of benzene rings is 2. The van der Waals surface area contributed by atoms with Gasteiger partial charge in [0, 0.05) is 12.1 Å². The molecule has 2 aromatic carbocycles. The van der Waals surface area contributed by atoms with Gasteiger partial charge in [0.2, 0.25) is 0 Å². The summed E-state index contributed by atoms with van der Waals surface area (Å²) in [5, 5.41) is 4.11. The zero-order chi connectivity index (χ0) is 20.2. The van der Waals surface area contributed by atoms with E-state index < -0.39 is 0 Å². The predicted molar refractivity (Wildman–Crippen MR) is 116 cm³/mol. The van der Waals surface area contributed by atoms with Crippen LogP contribution in [0.5, 0.6) is 0 Å². The Morgan fingerprint density at radius 2 is 1.93 bits per heavy atom. The second-order valence-electron chi connectivity index (χ2n) is 7.26. The minimum atomic E-state index is -0.192. The highest BCUT2D eigenvalue weighted by Gasteiger charge is 2.22. The fourth-order valence-corrected chi connectivity index (χ4v) is 4.19. The first kappa shape index (κ1) is 19.4. The second kappa shape index (κ2) is 8.59. The van der Waals surface area contributed by atoms with Crippen molar-refractivity contribution in [3.8, 4) is 0 Å². The lowest BCUT2D eigenvalue weighted by molar-refractivity contribution is -0.908. The number of rotatable bonds is 7. The van der Waals surface area contributed by atoms with Crippen molar-refractivity contribution in [1.29, 1.82) is 0 Å². The molecule has 0 spiro atoms. The van der Waals surface area contributed by atoms with Gasteiger partial charge in [-0.25, -0.2) is 4.98 Å². The first-order valence-corrected chi connectivity index (χ1v) is 10.5. The van der Waals surface area contributed by atoms with Crippen LogP contribution in [0.25, 0.3) is 10.2 Å². The number of amides is 1. The minimum Gasteiger partial charge on any atom is -0.463 e. The normalized spacial score (nSPS) is 13.3. The number of anilines is 1. The molecule has 0 aliphatic rings. The van der Waals surface area contributed by atoms with E-state index in [-0.39, 0.29) is 11.9 Å². The van der Waals surface area contributed by atoms with Gasteiger partial charge in [0.15, 0.2) is 11.8 Å². The monoisotopic (exact) mass is 406 g/mol. The molecular formula is C23H24N3O2S+. The van der Waals surface area contributed by atoms with Crippen LogP contribution in [0.3, 0.4) is 0 Å². The van der Waals surface area contributed by atoms with Crippen molar-refractivity contribution in [3.05, 3.63) is 83.3 Å². The molecule has 5 nitrogen and oxygen atoms in total. The second-order valence-corrected chi connectivity index (χ2v) is 8.38. The third-order valence-corrected chi connectivity index (χ3v) is 6.12. The number of quaternary nitrogens is 1. The largest absolute Gasteiger partial charge is 0.463 e. The summed E-state index contributed by atoms with van der Waals surface area (Å²) < 4.78 is 6.59. The summed E-state index contributed by atoms with van der Waals surface area (Å²) in [5.74, 6) is 0.870. The lowest BCUT2D eigenvalue weighted by Crippen LogP contribution is -3.12. The van der Waals surface area contributed by atoms with E-state index in [9.17, 15) is 4.79 Å². The lowest BCUT2D eigenvalue weighted by Gasteiger charge is -2.20. The standard InChI is InChI=1S/C23H23N3O2S/c1-16(26(2)15-19-6-5-13-28-19)23(27)24-18-11-9-17(10-12-18)14-22-25-20-7-3-4-8-21(20)29-22/h3-13,16H,14-15H2,1-2H3,(H,24,27)/p+1/t16-/m1/s1. The molecule has 2 heterocycles. The average Bonchev–Trinajstić information content (AvgIpc) is 3.37. The number of likely N-dealkylation sites (N-methyl/N-ethyl adjacent to an activating group) is 1. The zero-order valence-electron chi connectivity index (χ0n) is 16.5. The Hall–Kier alpha value is -2.96. The van der Waals surface area contributed by atoms with Crippen LogP contribution in [-0.4, -0.2) is 24.0 Å². The molecule has 2 atom stereocenters. The molecule has 148 valence electrons. The molecule has 0 radical (unpaired) electrons. The maximum absolute atomic E-state index is 12.6. The van der Waals surface area contributed by atoms with Crippen LogP contribution >= 0.6 is 11.3 Å². The zero-order valence-corrected chi connectivity index (χ0v) is 17.3. The fraction of sp³-hybridized carbons (Fsp3) is 0.217. The van der Waals surface area contributed by atoms with Gasteiger partial charge in [-0.3, -0.25) is 4.79 Å². The number of para-hydroxylation sites is 1. The van der Waals surface area contributed by atoms with Crippen molar-refractivity contribution in [2.45, 2.75) is 25.9 Å². The van der Waals surface area contributed by atoms with E-state index in [4.69, 9.17) is 9.40 Å². The number of nitrogens with zero attached hydrogens (tertiary/aromatic N) is 1. The summed E-state index contributed by atoms with van der Waals surface area (Å²) in [5.41, 5.74) is 3.03. The van der Waals surface area contributed by atoms with Gasteiger partial charge in [-0.1, -0.05) is 24.3 Å². The molecule has 2 N–H and O–H groups in total. The third kappa shape index (κ3) is 4.72. The summed E-state index contributed by atoms with van der Waals surface area (Å²) in [6, 6.07) is 19.8. The number of carbonyl (C=O) groups excluding carboxylic acids is 1. The molecule has 0 saturated heterocycles. The van der Waals surface area contributed by atoms with Gasteiger partial charge in [0.05, 0.1) is 28.5 Å². The van der Waals surface area contributed by atoms with E-state index in [2.05, 4.69) is 11.4 Å². The van der Waals surface area contributed by atoms with Gasteiger partial charge in [-0.2, -0.15) is 0 Å². The molecule has 4 rings (SSSR count). The number of furan rings is 1. The molecule has 1 unspecified atom stereocenters. The highest BCUT2D eigenvalue weighted by atomic mass is 32.1. The summed E-state index contributed by atoms with van der Waals surface area (Å²) in [7, 11) is 1.99. The molecule has 2 aromatic heterocycles. The van der Waals surface area contributed by atoms with E-state index in [0.717, 1.165) is 33.3 Å². The molecular weight excluding hydrogens is 382 g/mol. The highest BCUT2D eigenvalue weighted by Crippen LogP contribution is 2.24. The molecule has 0 aliphatic heterocycles. The average molecular weight is 407 g/mol. The summed E-state index contributed by atoms with van der Waals surface area (Å²) in [6.45, 7) is 2.60. The van der Waals surface area contributed by atoms with Crippen LogP contribution in [0.4, 0.5) is 5.69 Å². The Labute approximate surface area is 174 Å². The maximum atomic E-state index is 12.6. The Balaban J connectivity index is 1.35. The Morgan fingerprint density at radius 3 is 2.66 bits per heavy atom. The van der Waals surface area contributed by atoms with E-state index in [1.807, 2.05) is 68.6 Å².